The summed E-state index contributed by atoms with van der Waals surface area (Å²) in [6.07, 6.45) is 2.47. The van der Waals surface area contributed by atoms with Crippen LogP contribution < -0.4 is 4.74 Å². The zero-order valence-electron chi connectivity index (χ0n) is 13.0. The maximum atomic E-state index is 12.3. The molecule has 0 spiro atoms. The van der Waals surface area contributed by atoms with Crippen molar-refractivity contribution in [2.75, 3.05) is 32.8 Å². The summed E-state index contributed by atoms with van der Waals surface area (Å²) in [4.78, 5) is 14.5. The van der Waals surface area contributed by atoms with E-state index in [-0.39, 0.29) is 11.9 Å². The number of hydrogen-bond acceptors (Lipinski definition) is 4. The Morgan fingerprint density at radius 1 is 1.24 bits per heavy atom. The van der Waals surface area contributed by atoms with Crippen LogP contribution in [0.15, 0.2) is 24.3 Å². The fourth-order valence-electron chi connectivity index (χ4n) is 2.73. The average molecular weight is 291 g/mol. The molecule has 1 aliphatic rings. The van der Waals surface area contributed by atoms with E-state index in [0.717, 1.165) is 43.9 Å². The molecule has 4 nitrogen and oxygen atoms in total. The maximum Gasteiger partial charge on any atom is 0.176 e. The minimum Gasteiger partial charge on any atom is -0.494 e. The molecule has 0 N–H and O–H groups in total. The van der Waals surface area contributed by atoms with Gasteiger partial charge >= 0.3 is 0 Å². The van der Waals surface area contributed by atoms with Gasteiger partial charge in [-0.1, -0.05) is 0 Å². The topological polar surface area (TPSA) is 38.8 Å². The van der Waals surface area contributed by atoms with Crippen LogP contribution in [0.5, 0.6) is 5.75 Å². The predicted octanol–water partition coefficient (Wildman–Crippen LogP) is 2.77. The molecule has 0 amide bonds. The second kappa shape index (κ2) is 8.15. The van der Waals surface area contributed by atoms with Crippen LogP contribution >= 0.6 is 0 Å². The Bertz CT molecular complexity index is 442. The van der Waals surface area contributed by atoms with E-state index >= 15 is 0 Å². The van der Waals surface area contributed by atoms with E-state index in [9.17, 15) is 4.79 Å². The molecule has 0 saturated carbocycles. The van der Waals surface area contributed by atoms with Crippen LogP contribution in [0.1, 0.15) is 37.0 Å². The van der Waals surface area contributed by atoms with E-state index in [1.807, 2.05) is 38.1 Å². The minimum atomic E-state index is 0.162. The Balaban J connectivity index is 1.88. The fraction of sp³-hybridized carbons (Fsp3) is 0.588. The molecule has 1 fully saturated rings. The molecular formula is C17H25NO3. The highest BCUT2D eigenvalue weighted by atomic mass is 16.5. The van der Waals surface area contributed by atoms with Crippen LogP contribution in [0.2, 0.25) is 0 Å². The smallest absolute Gasteiger partial charge is 0.176 e. The third-order valence-corrected chi connectivity index (χ3v) is 3.72. The van der Waals surface area contributed by atoms with Crippen molar-refractivity contribution in [3.8, 4) is 5.75 Å². The molecule has 4 heteroatoms. The Morgan fingerprint density at radius 2 is 2.00 bits per heavy atom. The number of carbonyl (C=O) groups excluding carboxylic acids is 1. The predicted molar refractivity (Wildman–Crippen MR) is 83.0 cm³/mol. The van der Waals surface area contributed by atoms with Crippen molar-refractivity contribution in [3.05, 3.63) is 29.8 Å². The number of likely N-dealkylation sites (tertiary alicyclic amines) is 1. The summed E-state index contributed by atoms with van der Waals surface area (Å²) in [7, 11) is 0. The van der Waals surface area contributed by atoms with Gasteiger partial charge in [-0.15, -0.1) is 0 Å². The Kier molecular flexibility index (Phi) is 6.21. The van der Waals surface area contributed by atoms with E-state index in [0.29, 0.717) is 13.2 Å². The van der Waals surface area contributed by atoms with Crippen molar-refractivity contribution in [2.45, 2.75) is 32.8 Å². The van der Waals surface area contributed by atoms with Crippen molar-refractivity contribution in [3.63, 3.8) is 0 Å². The number of piperidine rings is 1. The molecule has 116 valence electrons. The number of rotatable bonds is 7. The van der Waals surface area contributed by atoms with Gasteiger partial charge in [0.2, 0.25) is 0 Å². The van der Waals surface area contributed by atoms with Crippen LogP contribution in [-0.2, 0) is 4.74 Å². The van der Waals surface area contributed by atoms with E-state index in [1.165, 1.54) is 0 Å². The first-order chi connectivity index (χ1) is 10.2. The number of hydrogen-bond donors (Lipinski definition) is 0. The first kappa shape index (κ1) is 16.0. The fourth-order valence-corrected chi connectivity index (χ4v) is 2.73. The number of benzene rings is 1. The number of carbonyl (C=O) groups is 1. The summed E-state index contributed by atoms with van der Waals surface area (Å²) in [5, 5.41) is 0. The standard InChI is InChI=1S/C17H25NO3/c1-3-20-15-9-7-14(8-10-15)17(19)13-18-11-5-6-16(12-18)21-4-2/h7-10,16H,3-6,11-13H2,1-2H3. The molecule has 1 heterocycles. The second-order valence-corrected chi connectivity index (χ2v) is 5.34. The largest absolute Gasteiger partial charge is 0.494 e. The van der Waals surface area contributed by atoms with Crippen LogP contribution in [0, 0.1) is 0 Å². The van der Waals surface area contributed by atoms with Crippen molar-refractivity contribution < 1.29 is 14.3 Å². The van der Waals surface area contributed by atoms with Crippen molar-refractivity contribution in [2.24, 2.45) is 0 Å². The number of nitrogens with zero attached hydrogens (tertiary/aromatic N) is 1. The van der Waals surface area contributed by atoms with Crippen molar-refractivity contribution in [1.29, 1.82) is 0 Å². The maximum absolute atomic E-state index is 12.3. The van der Waals surface area contributed by atoms with Crippen molar-refractivity contribution in [1.82, 2.24) is 4.90 Å². The van der Waals surface area contributed by atoms with Gasteiger partial charge in [-0.25, -0.2) is 0 Å². The quantitative estimate of drug-likeness (QED) is 0.724. The number of ketones is 1. The Labute approximate surface area is 127 Å². The van der Waals surface area contributed by atoms with Gasteiger partial charge in [0.25, 0.3) is 0 Å². The van der Waals surface area contributed by atoms with Gasteiger partial charge in [0.1, 0.15) is 5.75 Å². The van der Waals surface area contributed by atoms with E-state index in [2.05, 4.69) is 4.90 Å². The molecule has 1 aliphatic heterocycles. The number of ether oxygens (including phenoxy) is 2. The van der Waals surface area contributed by atoms with Gasteiger partial charge in [0, 0.05) is 18.7 Å². The zero-order valence-corrected chi connectivity index (χ0v) is 13.0. The van der Waals surface area contributed by atoms with Crippen molar-refractivity contribution >= 4 is 5.78 Å². The lowest BCUT2D eigenvalue weighted by atomic mass is 10.1. The summed E-state index contributed by atoms with van der Waals surface area (Å²) in [5.74, 6) is 0.971. The monoisotopic (exact) mass is 291 g/mol. The number of Topliss-reactive ketones (excluding diaryl/α,β-unsaturated/α-hetero) is 1. The molecule has 1 aromatic carbocycles. The highest BCUT2D eigenvalue weighted by Crippen LogP contribution is 2.16. The molecule has 1 saturated heterocycles. The highest BCUT2D eigenvalue weighted by Gasteiger charge is 2.22. The summed E-state index contributed by atoms with van der Waals surface area (Å²) in [6, 6.07) is 7.40. The molecular weight excluding hydrogens is 266 g/mol. The summed E-state index contributed by atoms with van der Waals surface area (Å²) >= 11 is 0. The van der Waals surface area contributed by atoms with Gasteiger partial charge in [0.15, 0.2) is 5.78 Å². The second-order valence-electron chi connectivity index (χ2n) is 5.34. The van der Waals surface area contributed by atoms with Gasteiger partial charge in [-0.3, -0.25) is 9.69 Å². The van der Waals surface area contributed by atoms with Gasteiger partial charge in [-0.2, -0.15) is 0 Å². The summed E-state index contributed by atoms with van der Waals surface area (Å²) in [6.45, 7) is 7.65. The van der Waals surface area contributed by atoms with Crippen LogP contribution in [0.25, 0.3) is 0 Å². The minimum absolute atomic E-state index is 0.162. The van der Waals surface area contributed by atoms with E-state index < -0.39 is 0 Å². The molecule has 1 atom stereocenters. The van der Waals surface area contributed by atoms with Crippen LogP contribution in [0.4, 0.5) is 0 Å². The Hall–Kier alpha value is -1.39. The average Bonchev–Trinajstić information content (AvgIpc) is 2.49. The first-order valence-corrected chi connectivity index (χ1v) is 7.83. The van der Waals surface area contributed by atoms with Gasteiger partial charge in [0.05, 0.1) is 19.3 Å². The van der Waals surface area contributed by atoms with Crippen LogP contribution in [0.3, 0.4) is 0 Å². The third-order valence-electron chi connectivity index (χ3n) is 3.72. The van der Waals surface area contributed by atoms with Gasteiger partial charge in [-0.05, 0) is 57.5 Å². The lowest BCUT2D eigenvalue weighted by Crippen LogP contribution is -2.42. The molecule has 1 aromatic rings. The lowest BCUT2D eigenvalue weighted by Gasteiger charge is -2.31. The lowest BCUT2D eigenvalue weighted by molar-refractivity contribution is 0.00718. The molecule has 0 bridgehead atoms. The highest BCUT2D eigenvalue weighted by molar-refractivity contribution is 5.97. The molecule has 0 radical (unpaired) electrons. The van der Waals surface area contributed by atoms with E-state index in [4.69, 9.17) is 9.47 Å². The molecule has 0 aromatic heterocycles. The Morgan fingerprint density at radius 3 is 2.67 bits per heavy atom. The summed E-state index contributed by atoms with van der Waals surface area (Å²) < 4.78 is 11.1. The van der Waals surface area contributed by atoms with Gasteiger partial charge < -0.3 is 9.47 Å². The first-order valence-electron chi connectivity index (χ1n) is 7.83. The molecule has 0 aliphatic carbocycles. The zero-order chi connectivity index (χ0) is 15.1. The third kappa shape index (κ3) is 4.83. The normalized spacial score (nSPS) is 19.4. The van der Waals surface area contributed by atoms with E-state index in [1.54, 1.807) is 0 Å². The SMILES string of the molecule is CCOc1ccc(C(=O)CN2CCCC(OCC)C2)cc1. The molecule has 1 unspecified atom stereocenters. The molecule has 2 rings (SSSR count). The van der Waals surface area contributed by atoms with Crippen LogP contribution in [-0.4, -0.2) is 49.6 Å². The molecule has 21 heavy (non-hydrogen) atoms. The summed E-state index contributed by atoms with van der Waals surface area (Å²) in [5.41, 5.74) is 0.747.